The third-order valence-corrected chi connectivity index (χ3v) is 5.39. The van der Waals surface area contributed by atoms with Crippen LogP contribution >= 0.6 is 0 Å². The maximum atomic E-state index is 9.51. The number of anilines is 2. The molecule has 0 radical (unpaired) electrons. The van der Waals surface area contributed by atoms with Crippen LogP contribution in [0.1, 0.15) is 39.2 Å². The lowest BCUT2D eigenvalue weighted by Crippen LogP contribution is -2.19. The first-order valence-corrected chi connectivity index (χ1v) is 10.9. The fourth-order valence-electron chi connectivity index (χ4n) is 3.80. The summed E-state index contributed by atoms with van der Waals surface area (Å²) in [7, 11) is 0. The standard InChI is InChI=1S/C28H31N3/c1-4-19-30-26-17-16-23-12-8-9-15-25(23)27(26)28(2,3)18-10-11-22(20-29)21-31-24-13-6-5-7-14-24/h5-17,21,30-31H,4,18-19H2,1-3H3/b11-10+,22-21-. The molecule has 158 valence electrons. The summed E-state index contributed by atoms with van der Waals surface area (Å²) in [5.41, 5.74) is 3.99. The van der Waals surface area contributed by atoms with Crippen LogP contribution in [-0.4, -0.2) is 6.54 Å². The van der Waals surface area contributed by atoms with E-state index in [1.54, 1.807) is 6.20 Å². The summed E-state index contributed by atoms with van der Waals surface area (Å²) in [5, 5.41) is 18.8. The van der Waals surface area contributed by atoms with E-state index in [9.17, 15) is 5.26 Å². The predicted molar refractivity (Wildman–Crippen MR) is 133 cm³/mol. The number of hydrogen-bond donors (Lipinski definition) is 2. The van der Waals surface area contributed by atoms with Gasteiger partial charge in [0, 0.05) is 24.1 Å². The van der Waals surface area contributed by atoms with Crippen molar-refractivity contribution in [3.05, 3.63) is 96.2 Å². The molecule has 0 bridgehead atoms. The van der Waals surface area contributed by atoms with E-state index in [4.69, 9.17) is 0 Å². The average molecular weight is 410 g/mol. The molecule has 0 aromatic heterocycles. The molecule has 3 aromatic rings. The SMILES string of the molecule is CCCNc1ccc2ccccc2c1C(C)(C)C/C=C/C(C#N)=C/Nc1ccccc1. The second kappa shape index (κ2) is 10.5. The van der Waals surface area contributed by atoms with E-state index in [1.165, 1.54) is 22.0 Å². The summed E-state index contributed by atoms with van der Waals surface area (Å²) in [5.74, 6) is 0. The Bertz CT molecular complexity index is 1100. The fraction of sp³-hybridized carbons (Fsp3) is 0.250. The Morgan fingerprint density at radius 2 is 1.74 bits per heavy atom. The van der Waals surface area contributed by atoms with E-state index < -0.39 is 0 Å². The monoisotopic (exact) mass is 409 g/mol. The maximum absolute atomic E-state index is 9.51. The van der Waals surface area contributed by atoms with Gasteiger partial charge < -0.3 is 10.6 Å². The second-order valence-corrected chi connectivity index (χ2v) is 8.35. The van der Waals surface area contributed by atoms with Gasteiger partial charge >= 0.3 is 0 Å². The molecule has 0 aliphatic rings. The van der Waals surface area contributed by atoms with Gasteiger partial charge in [0.25, 0.3) is 0 Å². The van der Waals surface area contributed by atoms with Crippen molar-refractivity contribution < 1.29 is 0 Å². The minimum Gasteiger partial charge on any atom is -0.385 e. The van der Waals surface area contributed by atoms with Gasteiger partial charge in [0.15, 0.2) is 0 Å². The number of benzene rings is 3. The van der Waals surface area contributed by atoms with Gasteiger partial charge in [-0.05, 0) is 58.9 Å². The first-order chi connectivity index (χ1) is 15.0. The summed E-state index contributed by atoms with van der Waals surface area (Å²) in [6.07, 6.45) is 7.67. The predicted octanol–water partition coefficient (Wildman–Crippen LogP) is 7.41. The zero-order valence-electron chi connectivity index (χ0n) is 18.7. The minimum absolute atomic E-state index is 0.0964. The summed E-state index contributed by atoms with van der Waals surface area (Å²) in [6.45, 7) is 7.67. The quantitative estimate of drug-likeness (QED) is 0.286. The zero-order valence-corrected chi connectivity index (χ0v) is 18.7. The lowest BCUT2D eigenvalue weighted by Gasteiger charge is -2.29. The van der Waals surface area contributed by atoms with Crippen LogP contribution in [0, 0.1) is 11.3 Å². The Labute approximate surface area is 186 Å². The van der Waals surface area contributed by atoms with Crippen LogP contribution in [0.2, 0.25) is 0 Å². The summed E-state index contributed by atoms with van der Waals surface area (Å²) >= 11 is 0. The van der Waals surface area contributed by atoms with E-state index in [0.29, 0.717) is 5.57 Å². The van der Waals surface area contributed by atoms with Crippen LogP contribution in [0.4, 0.5) is 11.4 Å². The van der Waals surface area contributed by atoms with Crippen molar-refractivity contribution >= 4 is 22.1 Å². The van der Waals surface area contributed by atoms with Gasteiger partial charge in [-0.25, -0.2) is 0 Å². The maximum Gasteiger partial charge on any atom is 0.101 e. The Hall–Kier alpha value is -3.51. The molecular formula is C28H31N3. The molecule has 0 spiro atoms. The number of para-hydroxylation sites is 1. The fourth-order valence-corrected chi connectivity index (χ4v) is 3.80. The highest BCUT2D eigenvalue weighted by molar-refractivity contribution is 5.91. The molecule has 0 aliphatic heterocycles. The van der Waals surface area contributed by atoms with Crippen LogP contribution in [0.25, 0.3) is 10.8 Å². The zero-order chi connectivity index (χ0) is 22.1. The molecule has 3 rings (SSSR count). The number of hydrogen-bond acceptors (Lipinski definition) is 3. The molecule has 31 heavy (non-hydrogen) atoms. The molecule has 3 nitrogen and oxygen atoms in total. The third kappa shape index (κ3) is 5.77. The van der Waals surface area contributed by atoms with Crippen molar-refractivity contribution in [1.29, 1.82) is 5.26 Å². The van der Waals surface area contributed by atoms with Gasteiger partial charge in [0.1, 0.15) is 6.07 Å². The smallest absolute Gasteiger partial charge is 0.101 e. The normalized spacial score (nSPS) is 12.1. The number of nitriles is 1. The van der Waals surface area contributed by atoms with Crippen LogP contribution in [-0.2, 0) is 5.41 Å². The molecule has 2 N–H and O–H groups in total. The molecule has 0 heterocycles. The molecule has 3 heteroatoms. The van der Waals surface area contributed by atoms with Crippen LogP contribution in [0.3, 0.4) is 0 Å². The molecule has 0 fully saturated rings. The molecule has 0 saturated heterocycles. The van der Waals surface area contributed by atoms with Crippen molar-refractivity contribution in [3.63, 3.8) is 0 Å². The number of allylic oxidation sites excluding steroid dienone is 3. The van der Waals surface area contributed by atoms with Crippen molar-refractivity contribution in [2.24, 2.45) is 0 Å². The van der Waals surface area contributed by atoms with E-state index in [0.717, 1.165) is 25.1 Å². The van der Waals surface area contributed by atoms with Crippen LogP contribution in [0.15, 0.2) is 90.7 Å². The Morgan fingerprint density at radius 3 is 2.48 bits per heavy atom. The Kier molecular flexibility index (Phi) is 7.51. The lowest BCUT2D eigenvalue weighted by atomic mass is 9.78. The van der Waals surface area contributed by atoms with Gasteiger partial charge in [-0.1, -0.05) is 75.4 Å². The van der Waals surface area contributed by atoms with Crippen molar-refractivity contribution in [1.82, 2.24) is 0 Å². The molecule has 3 aromatic carbocycles. The first-order valence-electron chi connectivity index (χ1n) is 10.9. The highest BCUT2D eigenvalue weighted by Crippen LogP contribution is 2.39. The van der Waals surface area contributed by atoms with Crippen LogP contribution < -0.4 is 10.6 Å². The molecule has 0 amide bonds. The summed E-state index contributed by atoms with van der Waals surface area (Å²) < 4.78 is 0. The lowest BCUT2D eigenvalue weighted by molar-refractivity contribution is 0.540. The van der Waals surface area contributed by atoms with Gasteiger partial charge in [-0.15, -0.1) is 0 Å². The van der Waals surface area contributed by atoms with Gasteiger partial charge in [0.2, 0.25) is 0 Å². The second-order valence-electron chi connectivity index (χ2n) is 8.35. The molecule has 0 aliphatic carbocycles. The highest BCUT2D eigenvalue weighted by atomic mass is 14.9. The molecule has 0 saturated carbocycles. The molecular weight excluding hydrogens is 378 g/mol. The summed E-state index contributed by atoms with van der Waals surface area (Å²) in [6, 6.07) is 25.1. The van der Waals surface area contributed by atoms with E-state index >= 15 is 0 Å². The van der Waals surface area contributed by atoms with Crippen molar-refractivity contribution in [3.8, 4) is 6.07 Å². The third-order valence-electron chi connectivity index (χ3n) is 5.39. The summed E-state index contributed by atoms with van der Waals surface area (Å²) in [4.78, 5) is 0. The number of fused-ring (bicyclic) bond motifs is 1. The topological polar surface area (TPSA) is 47.9 Å². The highest BCUT2D eigenvalue weighted by Gasteiger charge is 2.25. The average Bonchev–Trinajstić information content (AvgIpc) is 2.80. The van der Waals surface area contributed by atoms with E-state index in [-0.39, 0.29) is 5.41 Å². The van der Waals surface area contributed by atoms with Gasteiger partial charge in [-0.2, -0.15) is 5.26 Å². The van der Waals surface area contributed by atoms with E-state index in [2.05, 4.69) is 79.9 Å². The van der Waals surface area contributed by atoms with Gasteiger partial charge in [-0.3, -0.25) is 0 Å². The Morgan fingerprint density at radius 1 is 1.00 bits per heavy atom. The number of nitrogens with zero attached hydrogens (tertiary/aromatic N) is 1. The minimum atomic E-state index is -0.0964. The molecule has 0 atom stereocenters. The van der Waals surface area contributed by atoms with E-state index in [1.807, 2.05) is 36.4 Å². The van der Waals surface area contributed by atoms with Crippen molar-refractivity contribution in [2.45, 2.75) is 39.0 Å². The number of rotatable bonds is 9. The van der Waals surface area contributed by atoms with Gasteiger partial charge in [0.05, 0.1) is 5.57 Å². The first kappa shape index (κ1) is 22.2. The molecule has 0 unspecified atom stereocenters. The van der Waals surface area contributed by atoms with Crippen LogP contribution in [0.5, 0.6) is 0 Å². The Balaban J connectivity index is 1.84. The van der Waals surface area contributed by atoms with Crippen molar-refractivity contribution in [2.75, 3.05) is 17.2 Å². The number of nitrogens with one attached hydrogen (secondary N) is 2. The largest absolute Gasteiger partial charge is 0.385 e.